The Balaban J connectivity index is 0.000000684. The predicted octanol–water partition coefficient (Wildman–Crippen LogP) is 1.58. The van der Waals surface area contributed by atoms with E-state index in [2.05, 4.69) is 24.4 Å². The maximum absolute atomic E-state index is 11.3. The molecule has 2 rings (SSSR count). The minimum absolute atomic E-state index is 0. The molecule has 0 aliphatic carbocycles. The Morgan fingerprint density at radius 1 is 1.30 bits per heavy atom. The van der Waals surface area contributed by atoms with Crippen molar-refractivity contribution in [2.75, 3.05) is 33.8 Å². The van der Waals surface area contributed by atoms with E-state index < -0.39 is 0 Å². The lowest BCUT2D eigenvalue weighted by atomic mass is 10.1. The number of hydrogen-bond donors (Lipinski definition) is 2. The quantitative estimate of drug-likeness (QED) is 0.770. The normalized spacial score (nSPS) is 15.6. The lowest BCUT2D eigenvalue weighted by Gasteiger charge is -2.20. The van der Waals surface area contributed by atoms with Crippen molar-refractivity contribution in [1.82, 2.24) is 10.2 Å². The molecule has 1 fully saturated rings. The van der Waals surface area contributed by atoms with Gasteiger partial charge in [-0.25, -0.2) is 0 Å². The van der Waals surface area contributed by atoms with Gasteiger partial charge in [0.1, 0.15) is 0 Å². The first kappa shape index (κ1) is 21.9. The molecule has 1 heterocycles. The topological polar surface area (TPSA) is 67.6 Å². The van der Waals surface area contributed by atoms with Gasteiger partial charge < -0.3 is 20.7 Å². The van der Waals surface area contributed by atoms with Crippen LogP contribution in [0.3, 0.4) is 0 Å². The number of ether oxygens (including phenoxy) is 1. The standard InChI is InChI=1S/C13H21N3O.C4H8O.ClH/c1-16(2)13(17)10-15-8-7-11-3-5-12(9-14)6-4-11;1-4-2-3-5-4;/h3-6,15H,7-10,14H2,1-2H3;4H,2-3H2,1H3;1H. The van der Waals surface area contributed by atoms with E-state index in [9.17, 15) is 4.79 Å². The smallest absolute Gasteiger partial charge is 0.236 e. The summed E-state index contributed by atoms with van der Waals surface area (Å²) >= 11 is 0. The van der Waals surface area contributed by atoms with Crippen LogP contribution in [-0.2, 0) is 22.5 Å². The molecule has 0 spiro atoms. The van der Waals surface area contributed by atoms with E-state index in [0.717, 1.165) is 25.1 Å². The van der Waals surface area contributed by atoms with Gasteiger partial charge >= 0.3 is 0 Å². The number of nitrogens with zero attached hydrogens (tertiary/aromatic N) is 1. The van der Waals surface area contributed by atoms with Crippen molar-refractivity contribution in [2.45, 2.75) is 32.4 Å². The van der Waals surface area contributed by atoms with Gasteiger partial charge in [0, 0.05) is 27.2 Å². The predicted molar refractivity (Wildman–Crippen MR) is 96.9 cm³/mol. The van der Waals surface area contributed by atoms with Crippen molar-refractivity contribution in [1.29, 1.82) is 0 Å². The maximum atomic E-state index is 11.3. The average Bonchev–Trinajstić information content (AvgIpc) is 2.50. The van der Waals surface area contributed by atoms with Crippen molar-refractivity contribution in [3.63, 3.8) is 0 Å². The van der Waals surface area contributed by atoms with Crippen molar-refractivity contribution in [2.24, 2.45) is 5.73 Å². The van der Waals surface area contributed by atoms with Crippen molar-refractivity contribution < 1.29 is 9.53 Å². The second kappa shape index (κ2) is 12.3. The van der Waals surface area contributed by atoms with E-state index in [1.165, 1.54) is 12.0 Å². The first-order valence-electron chi connectivity index (χ1n) is 7.83. The number of likely N-dealkylation sites (N-methyl/N-ethyl adjacent to an activating group) is 1. The number of carbonyl (C=O) groups excluding carboxylic acids is 1. The molecule has 1 saturated heterocycles. The van der Waals surface area contributed by atoms with Crippen LogP contribution < -0.4 is 11.1 Å². The van der Waals surface area contributed by atoms with Crippen LogP contribution in [-0.4, -0.2) is 50.7 Å². The Morgan fingerprint density at radius 3 is 2.22 bits per heavy atom. The van der Waals surface area contributed by atoms with Gasteiger partial charge in [-0.1, -0.05) is 24.3 Å². The van der Waals surface area contributed by atoms with Gasteiger partial charge in [-0.15, -0.1) is 12.4 Å². The Morgan fingerprint density at radius 2 is 1.83 bits per heavy atom. The molecule has 0 saturated carbocycles. The Labute approximate surface area is 146 Å². The molecule has 1 aliphatic heterocycles. The molecule has 132 valence electrons. The SMILES string of the molecule is CC1CCO1.CN(C)C(=O)CNCCc1ccc(CN)cc1.Cl. The molecule has 0 radical (unpaired) electrons. The molecule has 1 unspecified atom stereocenters. The zero-order chi connectivity index (χ0) is 16.4. The molecule has 5 nitrogen and oxygen atoms in total. The van der Waals surface area contributed by atoms with Gasteiger partial charge in [0.05, 0.1) is 12.6 Å². The van der Waals surface area contributed by atoms with Crippen molar-refractivity contribution >= 4 is 18.3 Å². The molecule has 1 amide bonds. The summed E-state index contributed by atoms with van der Waals surface area (Å²) in [5.74, 6) is 0.100. The number of nitrogens with two attached hydrogens (primary N) is 1. The lowest BCUT2D eigenvalue weighted by molar-refractivity contribution is -0.127. The molecule has 3 N–H and O–H groups in total. The highest BCUT2D eigenvalue weighted by atomic mass is 35.5. The summed E-state index contributed by atoms with van der Waals surface area (Å²) in [6, 6.07) is 8.25. The number of amides is 1. The highest BCUT2D eigenvalue weighted by Gasteiger charge is 2.09. The Hall–Kier alpha value is -1.14. The van der Waals surface area contributed by atoms with Crippen LogP contribution in [0.25, 0.3) is 0 Å². The van der Waals surface area contributed by atoms with Crippen LogP contribution in [0.1, 0.15) is 24.5 Å². The summed E-state index contributed by atoms with van der Waals surface area (Å²) in [7, 11) is 3.52. The molecular formula is C17H30ClN3O2. The largest absolute Gasteiger partial charge is 0.378 e. The van der Waals surface area contributed by atoms with Crippen molar-refractivity contribution in [3.05, 3.63) is 35.4 Å². The second-order valence-electron chi connectivity index (χ2n) is 5.71. The summed E-state index contributed by atoms with van der Waals surface area (Å²) in [4.78, 5) is 12.9. The minimum Gasteiger partial charge on any atom is -0.378 e. The molecule has 1 aromatic carbocycles. The second-order valence-corrected chi connectivity index (χ2v) is 5.71. The number of halogens is 1. The monoisotopic (exact) mass is 343 g/mol. The van der Waals surface area contributed by atoms with Gasteiger partial charge in [0.2, 0.25) is 5.91 Å². The van der Waals surface area contributed by atoms with Crippen LogP contribution in [0.5, 0.6) is 0 Å². The number of rotatable bonds is 6. The van der Waals surface area contributed by atoms with E-state index in [1.807, 2.05) is 12.1 Å². The Bertz CT molecular complexity index is 434. The fraction of sp³-hybridized carbons (Fsp3) is 0.588. The van der Waals surface area contributed by atoms with Gasteiger partial charge in [-0.2, -0.15) is 0 Å². The third-order valence-electron chi connectivity index (χ3n) is 3.55. The summed E-state index contributed by atoms with van der Waals surface area (Å²) in [6.45, 7) is 4.86. The van der Waals surface area contributed by atoms with Crippen LogP contribution in [0.4, 0.5) is 0 Å². The van der Waals surface area contributed by atoms with E-state index in [0.29, 0.717) is 19.2 Å². The first-order chi connectivity index (χ1) is 10.5. The highest BCUT2D eigenvalue weighted by molar-refractivity contribution is 5.85. The van der Waals surface area contributed by atoms with E-state index >= 15 is 0 Å². The first-order valence-corrected chi connectivity index (χ1v) is 7.83. The van der Waals surface area contributed by atoms with Crippen LogP contribution >= 0.6 is 12.4 Å². The zero-order valence-corrected chi connectivity index (χ0v) is 15.2. The molecule has 1 aliphatic rings. The lowest BCUT2D eigenvalue weighted by Crippen LogP contribution is -2.33. The van der Waals surface area contributed by atoms with Crippen LogP contribution in [0, 0.1) is 0 Å². The third kappa shape index (κ3) is 9.56. The van der Waals surface area contributed by atoms with Crippen LogP contribution in [0.15, 0.2) is 24.3 Å². The third-order valence-corrected chi connectivity index (χ3v) is 3.55. The molecule has 6 heteroatoms. The van der Waals surface area contributed by atoms with Gasteiger partial charge in [-0.3, -0.25) is 4.79 Å². The number of benzene rings is 1. The van der Waals surface area contributed by atoms with E-state index in [1.54, 1.807) is 19.0 Å². The zero-order valence-electron chi connectivity index (χ0n) is 14.4. The summed E-state index contributed by atoms with van der Waals surface area (Å²) < 4.78 is 4.93. The van der Waals surface area contributed by atoms with Gasteiger partial charge in [0.15, 0.2) is 0 Å². The number of hydrogen-bond acceptors (Lipinski definition) is 4. The van der Waals surface area contributed by atoms with Crippen LogP contribution in [0.2, 0.25) is 0 Å². The number of nitrogens with one attached hydrogen (secondary N) is 1. The molecule has 1 atom stereocenters. The van der Waals surface area contributed by atoms with Gasteiger partial charge in [-0.05, 0) is 37.4 Å². The number of carbonyl (C=O) groups is 1. The summed E-state index contributed by atoms with van der Waals surface area (Å²) in [6.07, 6.45) is 2.75. The minimum atomic E-state index is 0. The van der Waals surface area contributed by atoms with E-state index in [-0.39, 0.29) is 18.3 Å². The fourth-order valence-corrected chi connectivity index (χ4v) is 1.78. The maximum Gasteiger partial charge on any atom is 0.236 e. The van der Waals surface area contributed by atoms with E-state index in [4.69, 9.17) is 10.5 Å². The van der Waals surface area contributed by atoms with Gasteiger partial charge in [0.25, 0.3) is 0 Å². The Kier molecular flexibility index (Phi) is 11.7. The van der Waals surface area contributed by atoms with Crippen molar-refractivity contribution in [3.8, 4) is 0 Å². The molecule has 0 bridgehead atoms. The molecular weight excluding hydrogens is 314 g/mol. The molecule has 1 aromatic rings. The summed E-state index contributed by atoms with van der Waals surface area (Å²) in [5.41, 5.74) is 7.93. The fourth-order valence-electron chi connectivity index (χ4n) is 1.78. The average molecular weight is 344 g/mol. The highest BCUT2D eigenvalue weighted by Crippen LogP contribution is 2.07. The molecule has 23 heavy (non-hydrogen) atoms. The molecule has 0 aromatic heterocycles. The summed E-state index contributed by atoms with van der Waals surface area (Å²) in [5, 5.41) is 3.13.